The number of para-hydroxylation sites is 1. The fourth-order valence-corrected chi connectivity index (χ4v) is 4.99. The first-order valence-corrected chi connectivity index (χ1v) is 12.4. The van der Waals surface area contributed by atoms with E-state index in [2.05, 4.69) is 10.3 Å². The molecule has 1 atom stereocenters. The van der Waals surface area contributed by atoms with Gasteiger partial charge in [0.2, 0.25) is 0 Å². The van der Waals surface area contributed by atoms with Gasteiger partial charge in [0.05, 0.1) is 28.5 Å². The van der Waals surface area contributed by atoms with Gasteiger partial charge in [-0.2, -0.15) is 8.78 Å². The summed E-state index contributed by atoms with van der Waals surface area (Å²) in [6, 6.07) is 15.1. The van der Waals surface area contributed by atoms with E-state index in [1.807, 2.05) is 4.57 Å². The van der Waals surface area contributed by atoms with E-state index in [0.29, 0.717) is 41.1 Å². The summed E-state index contributed by atoms with van der Waals surface area (Å²) in [6.07, 6.45) is 1.11. The average Bonchev–Trinajstić information content (AvgIpc) is 3.15. The summed E-state index contributed by atoms with van der Waals surface area (Å²) >= 11 is 0. The third-order valence-electron chi connectivity index (χ3n) is 5.87. The average molecular weight is 488 g/mol. The molecule has 0 amide bonds. The molecule has 176 valence electrons. The molecule has 2 heterocycles. The van der Waals surface area contributed by atoms with Crippen LogP contribution < -0.4 is 10.1 Å². The number of hydrogen-bond donors (Lipinski definition) is 1. The number of sulfone groups is 1. The van der Waals surface area contributed by atoms with Crippen LogP contribution in [0.3, 0.4) is 0 Å². The van der Waals surface area contributed by atoms with Crippen molar-refractivity contribution in [2.24, 2.45) is 0 Å². The van der Waals surface area contributed by atoms with E-state index < -0.39 is 28.3 Å². The lowest BCUT2D eigenvalue weighted by molar-refractivity contribution is -0.0507. The molecule has 3 aromatic carbocycles. The zero-order valence-electron chi connectivity index (χ0n) is 18.0. The topological polar surface area (TPSA) is 73.2 Å². The molecule has 1 aliphatic rings. The Labute approximate surface area is 193 Å². The number of alkyl halides is 2. The Balaban J connectivity index is 1.65. The zero-order chi connectivity index (χ0) is 24.0. The summed E-state index contributed by atoms with van der Waals surface area (Å²) in [4.78, 5) is 4.69. The molecule has 1 N–H and O–H groups in total. The van der Waals surface area contributed by atoms with E-state index in [0.717, 1.165) is 6.26 Å². The maximum Gasteiger partial charge on any atom is 0.387 e. The summed E-state index contributed by atoms with van der Waals surface area (Å²) in [5.74, 6) is 0.209. The van der Waals surface area contributed by atoms with Gasteiger partial charge in [-0.3, -0.25) is 0 Å². The molecule has 5 rings (SSSR count). The van der Waals surface area contributed by atoms with Crippen molar-refractivity contribution < 1.29 is 26.3 Å². The first kappa shape index (κ1) is 22.4. The van der Waals surface area contributed by atoms with Crippen molar-refractivity contribution in [3.8, 4) is 16.9 Å². The number of halogens is 3. The van der Waals surface area contributed by atoms with Crippen molar-refractivity contribution in [3.63, 3.8) is 0 Å². The van der Waals surface area contributed by atoms with E-state index >= 15 is 4.39 Å². The minimum Gasteiger partial charge on any atom is -0.434 e. The second-order valence-corrected chi connectivity index (χ2v) is 10.1. The van der Waals surface area contributed by atoms with Crippen LogP contribution in [0.5, 0.6) is 5.75 Å². The van der Waals surface area contributed by atoms with Gasteiger partial charge >= 0.3 is 6.61 Å². The molecule has 0 spiro atoms. The third kappa shape index (κ3) is 4.03. The molecule has 1 aliphatic heterocycles. The van der Waals surface area contributed by atoms with Crippen LogP contribution in [-0.4, -0.2) is 37.4 Å². The second kappa shape index (κ2) is 8.44. The van der Waals surface area contributed by atoms with Crippen molar-refractivity contribution >= 4 is 20.9 Å². The molecule has 4 aromatic rings. The largest absolute Gasteiger partial charge is 0.434 e. The Morgan fingerprint density at radius 1 is 1.12 bits per heavy atom. The number of hydrogen-bond acceptors (Lipinski definition) is 5. The number of rotatable bonds is 5. The van der Waals surface area contributed by atoms with Gasteiger partial charge < -0.3 is 14.6 Å². The highest BCUT2D eigenvalue weighted by atomic mass is 32.2. The van der Waals surface area contributed by atoms with Crippen molar-refractivity contribution in [1.29, 1.82) is 0 Å². The highest BCUT2D eigenvalue weighted by Gasteiger charge is 2.28. The Morgan fingerprint density at radius 3 is 2.56 bits per heavy atom. The lowest BCUT2D eigenvalue weighted by Crippen LogP contribution is -2.34. The predicted molar refractivity (Wildman–Crippen MR) is 121 cm³/mol. The summed E-state index contributed by atoms with van der Waals surface area (Å²) < 4.78 is 71.2. The highest BCUT2D eigenvalue weighted by molar-refractivity contribution is 7.90. The van der Waals surface area contributed by atoms with Crippen molar-refractivity contribution in [1.82, 2.24) is 14.9 Å². The number of ether oxygens (including phenoxy) is 1. The Hall–Kier alpha value is -3.37. The molecule has 0 saturated carbocycles. The SMILES string of the molecule is CS(=O)(=O)c1ccc(-c2cc3c(cc2F)nc2n3[C@@H](c3ccccc3OC(F)F)CNC2)cc1. The van der Waals surface area contributed by atoms with Gasteiger partial charge in [-0.05, 0) is 29.8 Å². The number of imidazole rings is 1. The lowest BCUT2D eigenvalue weighted by Gasteiger charge is -2.28. The Bertz CT molecular complexity index is 1480. The maximum absolute atomic E-state index is 15.0. The van der Waals surface area contributed by atoms with Crippen molar-refractivity contribution in [2.45, 2.75) is 24.1 Å². The van der Waals surface area contributed by atoms with Crippen LogP contribution in [0.15, 0.2) is 65.6 Å². The normalized spacial score (nSPS) is 16.1. The summed E-state index contributed by atoms with van der Waals surface area (Å²) in [5.41, 5.74) is 2.42. The number of fused-ring (bicyclic) bond motifs is 3. The van der Waals surface area contributed by atoms with Gasteiger partial charge in [0.25, 0.3) is 0 Å². The van der Waals surface area contributed by atoms with Gasteiger partial charge in [0, 0.05) is 30.0 Å². The van der Waals surface area contributed by atoms with Gasteiger partial charge in [0.1, 0.15) is 17.4 Å². The van der Waals surface area contributed by atoms with Gasteiger partial charge in [-0.1, -0.05) is 30.3 Å². The van der Waals surface area contributed by atoms with E-state index in [1.54, 1.807) is 36.4 Å². The zero-order valence-corrected chi connectivity index (χ0v) is 18.8. The van der Waals surface area contributed by atoms with Crippen LogP contribution in [0.1, 0.15) is 17.4 Å². The molecule has 0 aliphatic carbocycles. The second-order valence-electron chi connectivity index (χ2n) is 8.08. The van der Waals surface area contributed by atoms with E-state index in [4.69, 9.17) is 4.74 Å². The molecule has 0 saturated heterocycles. The molecule has 0 unspecified atom stereocenters. The van der Waals surface area contributed by atoms with Crippen LogP contribution in [0.25, 0.3) is 22.2 Å². The standard InChI is InChI=1S/C24H20F3N3O3S/c1-34(31,32)15-8-6-14(7-9-15)17-10-20-19(11-18(17)25)29-23-13-28-12-21(30(20)23)16-4-2-3-5-22(16)33-24(26)27/h2-11,21,24,28H,12-13H2,1H3/t21-/m1/s1. The fraction of sp³-hybridized carbons (Fsp3) is 0.208. The van der Waals surface area contributed by atoms with E-state index in [-0.39, 0.29) is 16.2 Å². The quantitative estimate of drug-likeness (QED) is 0.448. The molecule has 6 nitrogen and oxygen atoms in total. The van der Waals surface area contributed by atoms with Crippen molar-refractivity contribution in [2.75, 3.05) is 12.8 Å². The minimum absolute atomic E-state index is 0.0673. The van der Waals surface area contributed by atoms with E-state index in [1.165, 1.54) is 24.3 Å². The Morgan fingerprint density at radius 2 is 1.85 bits per heavy atom. The van der Waals surface area contributed by atoms with Crippen LogP contribution in [0, 0.1) is 5.82 Å². The number of nitrogens with zero attached hydrogens (tertiary/aromatic N) is 2. The number of nitrogens with one attached hydrogen (secondary N) is 1. The molecule has 0 bridgehead atoms. The molecular formula is C24H20F3N3O3S. The first-order valence-electron chi connectivity index (χ1n) is 10.5. The van der Waals surface area contributed by atoms with E-state index in [9.17, 15) is 17.2 Å². The molecular weight excluding hydrogens is 467 g/mol. The summed E-state index contributed by atoms with van der Waals surface area (Å²) in [7, 11) is -3.38. The predicted octanol–water partition coefficient (Wildman–Crippen LogP) is 4.54. The molecule has 0 fully saturated rings. The third-order valence-corrected chi connectivity index (χ3v) is 7.00. The maximum atomic E-state index is 15.0. The first-order chi connectivity index (χ1) is 16.2. The van der Waals surface area contributed by atoms with Crippen LogP contribution in [-0.2, 0) is 16.4 Å². The molecule has 0 radical (unpaired) electrons. The Kier molecular flexibility index (Phi) is 5.57. The molecule has 34 heavy (non-hydrogen) atoms. The molecule has 10 heteroatoms. The van der Waals surface area contributed by atoms with Gasteiger partial charge in [0.15, 0.2) is 9.84 Å². The smallest absolute Gasteiger partial charge is 0.387 e. The highest BCUT2D eigenvalue weighted by Crippen LogP contribution is 2.36. The summed E-state index contributed by atoms with van der Waals surface area (Å²) in [5, 5.41) is 3.24. The summed E-state index contributed by atoms with van der Waals surface area (Å²) in [6.45, 7) is -2.09. The van der Waals surface area contributed by atoms with Crippen molar-refractivity contribution in [3.05, 3.63) is 77.9 Å². The number of benzene rings is 3. The van der Waals surface area contributed by atoms with Crippen LogP contribution >= 0.6 is 0 Å². The molecule has 1 aromatic heterocycles. The monoisotopic (exact) mass is 487 g/mol. The number of aromatic nitrogens is 2. The fourth-order valence-electron chi connectivity index (χ4n) is 4.36. The van der Waals surface area contributed by atoms with Crippen LogP contribution in [0.4, 0.5) is 13.2 Å². The van der Waals surface area contributed by atoms with Gasteiger partial charge in [-0.15, -0.1) is 0 Å². The van der Waals surface area contributed by atoms with Gasteiger partial charge in [-0.25, -0.2) is 17.8 Å². The van der Waals surface area contributed by atoms with Crippen LogP contribution in [0.2, 0.25) is 0 Å². The lowest BCUT2D eigenvalue weighted by atomic mass is 10.0. The minimum atomic E-state index is -3.38.